The maximum atomic E-state index is 4.76. The third-order valence-electron chi connectivity index (χ3n) is 5.31. The Kier molecular flexibility index (Phi) is 5.98. The number of hydrazone groups is 1. The van der Waals surface area contributed by atoms with Crippen molar-refractivity contribution in [1.29, 1.82) is 0 Å². The van der Waals surface area contributed by atoms with E-state index in [1.807, 2.05) is 72.0 Å². The fourth-order valence-electron chi connectivity index (χ4n) is 3.72. The van der Waals surface area contributed by atoms with E-state index in [0.717, 1.165) is 34.1 Å². The van der Waals surface area contributed by atoms with E-state index in [4.69, 9.17) is 5.10 Å². The topological polar surface area (TPSA) is 34.6 Å². The third kappa shape index (κ3) is 4.70. The molecule has 0 spiro atoms. The number of nitrogens with zero attached hydrogens (tertiary/aromatic N) is 3. The third-order valence-corrected chi connectivity index (χ3v) is 5.31. The molecule has 33 heavy (non-hydrogen) atoms. The number of hydrogen-bond donors (Lipinski definition) is 1. The number of aromatic amines is 1. The molecule has 1 heterocycles. The second-order valence-corrected chi connectivity index (χ2v) is 7.55. The number of para-hydroxylation sites is 3. The fourth-order valence-corrected chi connectivity index (χ4v) is 3.72. The summed E-state index contributed by atoms with van der Waals surface area (Å²) < 4.78 is 0. The number of aromatic nitrogens is 1. The van der Waals surface area contributed by atoms with Crippen LogP contribution in [0.5, 0.6) is 0 Å². The van der Waals surface area contributed by atoms with Crippen LogP contribution in [0.15, 0.2) is 139 Å². The van der Waals surface area contributed by atoms with Crippen molar-refractivity contribution in [3.8, 4) is 0 Å². The first kappa shape index (κ1) is 20.3. The van der Waals surface area contributed by atoms with Gasteiger partial charge in [-0.05, 0) is 66.2 Å². The van der Waals surface area contributed by atoms with Crippen LogP contribution in [0.4, 0.5) is 28.6 Å². The molecule has 4 heteroatoms. The molecule has 0 bridgehead atoms. The second kappa shape index (κ2) is 9.71. The highest BCUT2D eigenvalue weighted by molar-refractivity contribution is 5.84. The van der Waals surface area contributed by atoms with Gasteiger partial charge in [-0.3, -0.25) is 0 Å². The van der Waals surface area contributed by atoms with Crippen LogP contribution in [-0.4, -0.2) is 11.2 Å². The monoisotopic (exact) mass is 428 g/mol. The van der Waals surface area contributed by atoms with Gasteiger partial charge in [0.2, 0.25) is 0 Å². The minimum absolute atomic E-state index is 0.911. The molecule has 0 atom stereocenters. The van der Waals surface area contributed by atoms with Gasteiger partial charge in [0.05, 0.1) is 11.9 Å². The molecule has 0 aliphatic heterocycles. The summed E-state index contributed by atoms with van der Waals surface area (Å²) in [5, 5.41) is 6.66. The van der Waals surface area contributed by atoms with Gasteiger partial charge >= 0.3 is 0 Å². The van der Waals surface area contributed by atoms with E-state index in [-0.39, 0.29) is 0 Å². The quantitative estimate of drug-likeness (QED) is 0.213. The average molecular weight is 429 g/mol. The fraction of sp³-hybridized carbons (Fsp3) is 0. The Bertz CT molecular complexity index is 1240. The summed E-state index contributed by atoms with van der Waals surface area (Å²) in [6.07, 6.45) is 3.78. The molecular weight excluding hydrogens is 404 g/mol. The molecule has 0 aliphatic carbocycles. The predicted molar refractivity (Wildman–Crippen MR) is 138 cm³/mol. The molecule has 5 rings (SSSR count). The predicted octanol–water partition coefficient (Wildman–Crippen LogP) is 7.66. The minimum Gasteiger partial charge on any atom is -0.347 e. The van der Waals surface area contributed by atoms with E-state index >= 15 is 0 Å². The number of benzene rings is 4. The van der Waals surface area contributed by atoms with E-state index in [2.05, 4.69) is 82.7 Å². The van der Waals surface area contributed by atoms with E-state index in [1.54, 1.807) is 0 Å². The normalized spacial score (nSPS) is 10.9. The Morgan fingerprint density at radius 2 is 1.03 bits per heavy atom. The lowest BCUT2D eigenvalue weighted by molar-refractivity contribution is 1.06. The lowest BCUT2D eigenvalue weighted by Crippen LogP contribution is -2.10. The van der Waals surface area contributed by atoms with Crippen molar-refractivity contribution in [2.24, 2.45) is 5.10 Å². The first-order chi connectivity index (χ1) is 16.4. The van der Waals surface area contributed by atoms with Gasteiger partial charge in [0, 0.05) is 23.3 Å². The van der Waals surface area contributed by atoms with Crippen molar-refractivity contribution in [3.63, 3.8) is 0 Å². The van der Waals surface area contributed by atoms with E-state index < -0.39 is 0 Å². The van der Waals surface area contributed by atoms with Gasteiger partial charge in [0.25, 0.3) is 0 Å². The average Bonchev–Trinajstić information content (AvgIpc) is 3.42. The second-order valence-electron chi connectivity index (χ2n) is 7.55. The Balaban J connectivity index is 1.44. The SMILES string of the molecule is C(=NN(c1ccccc1)c1ccc[nH]1)c1ccc(N(c2ccccc2)c2ccccc2)cc1. The molecular formula is C29H24N4. The van der Waals surface area contributed by atoms with Gasteiger partial charge in [0.15, 0.2) is 0 Å². The molecule has 0 radical (unpaired) electrons. The zero-order chi connectivity index (χ0) is 22.3. The largest absolute Gasteiger partial charge is 0.347 e. The van der Waals surface area contributed by atoms with Crippen LogP contribution in [0.2, 0.25) is 0 Å². The Hall–Kier alpha value is -4.57. The standard InChI is InChI=1S/C29H24N4/c1-4-11-25(12-5-1)32(26-13-6-2-7-14-26)27-20-18-24(19-21-27)23-31-33(29-17-10-22-30-29)28-15-8-3-9-16-28/h1-23,30H. The molecule has 160 valence electrons. The molecule has 0 amide bonds. The number of nitrogens with one attached hydrogen (secondary N) is 1. The van der Waals surface area contributed by atoms with Gasteiger partial charge in [0.1, 0.15) is 5.82 Å². The smallest absolute Gasteiger partial charge is 0.132 e. The number of anilines is 5. The van der Waals surface area contributed by atoms with Crippen LogP contribution in [0.3, 0.4) is 0 Å². The van der Waals surface area contributed by atoms with Crippen molar-refractivity contribution in [1.82, 2.24) is 4.98 Å². The highest BCUT2D eigenvalue weighted by Crippen LogP contribution is 2.34. The summed E-state index contributed by atoms with van der Waals surface area (Å²) in [6, 6.07) is 43.3. The maximum Gasteiger partial charge on any atom is 0.132 e. The van der Waals surface area contributed by atoms with Crippen LogP contribution in [0.25, 0.3) is 0 Å². The zero-order valence-corrected chi connectivity index (χ0v) is 18.1. The van der Waals surface area contributed by atoms with E-state index in [0.29, 0.717) is 0 Å². The lowest BCUT2D eigenvalue weighted by Gasteiger charge is -2.25. The Labute approximate surface area is 194 Å². The van der Waals surface area contributed by atoms with Crippen LogP contribution in [0.1, 0.15) is 5.56 Å². The van der Waals surface area contributed by atoms with Gasteiger partial charge in [-0.15, -0.1) is 0 Å². The summed E-state index contributed by atoms with van der Waals surface area (Å²) in [5.74, 6) is 0.911. The number of rotatable bonds is 7. The summed E-state index contributed by atoms with van der Waals surface area (Å²) in [5.41, 5.74) is 5.34. The minimum atomic E-state index is 0.911. The summed E-state index contributed by atoms with van der Waals surface area (Å²) in [6.45, 7) is 0. The van der Waals surface area contributed by atoms with Gasteiger partial charge < -0.3 is 9.88 Å². The van der Waals surface area contributed by atoms with Crippen molar-refractivity contribution < 1.29 is 0 Å². The van der Waals surface area contributed by atoms with Gasteiger partial charge in [-0.1, -0.05) is 66.7 Å². The zero-order valence-electron chi connectivity index (χ0n) is 18.1. The number of hydrogen-bond acceptors (Lipinski definition) is 3. The highest BCUT2D eigenvalue weighted by Gasteiger charge is 2.12. The molecule has 0 fully saturated rings. The van der Waals surface area contributed by atoms with Crippen LogP contribution < -0.4 is 9.91 Å². The van der Waals surface area contributed by atoms with E-state index in [9.17, 15) is 0 Å². The van der Waals surface area contributed by atoms with Crippen molar-refractivity contribution in [3.05, 3.63) is 139 Å². The molecule has 0 saturated carbocycles. The first-order valence-electron chi connectivity index (χ1n) is 10.9. The van der Waals surface area contributed by atoms with Crippen molar-refractivity contribution in [2.45, 2.75) is 0 Å². The first-order valence-corrected chi connectivity index (χ1v) is 10.9. The van der Waals surface area contributed by atoms with Crippen LogP contribution >= 0.6 is 0 Å². The molecule has 0 unspecified atom stereocenters. The molecule has 4 aromatic carbocycles. The molecule has 5 aromatic rings. The van der Waals surface area contributed by atoms with Crippen molar-refractivity contribution in [2.75, 3.05) is 9.91 Å². The highest BCUT2D eigenvalue weighted by atomic mass is 15.5. The Morgan fingerprint density at radius 1 is 0.515 bits per heavy atom. The summed E-state index contributed by atoms with van der Waals surface area (Å²) >= 11 is 0. The summed E-state index contributed by atoms with van der Waals surface area (Å²) in [7, 11) is 0. The maximum absolute atomic E-state index is 4.76. The van der Waals surface area contributed by atoms with Gasteiger partial charge in [-0.25, -0.2) is 5.01 Å². The molecule has 1 N–H and O–H groups in total. The van der Waals surface area contributed by atoms with Gasteiger partial charge in [-0.2, -0.15) is 5.10 Å². The summed E-state index contributed by atoms with van der Waals surface area (Å²) in [4.78, 5) is 5.48. The molecule has 4 nitrogen and oxygen atoms in total. The van der Waals surface area contributed by atoms with E-state index in [1.165, 1.54) is 0 Å². The van der Waals surface area contributed by atoms with Crippen LogP contribution in [-0.2, 0) is 0 Å². The molecule has 0 aliphatic rings. The number of H-pyrrole nitrogens is 1. The molecule has 0 saturated heterocycles. The lowest BCUT2D eigenvalue weighted by atomic mass is 10.1. The molecule has 1 aromatic heterocycles. The van der Waals surface area contributed by atoms with Crippen molar-refractivity contribution >= 4 is 34.8 Å². The Morgan fingerprint density at radius 3 is 1.55 bits per heavy atom. The van der Waals surface area contributed by atoms with Crippen LogP contribution in [0, 0.1) is 0 Å².